The second kappa shape index (κ2) is 2.90. The molecule has 1 aliphatic heterocycles. The molecule has 2 rings (SSSR count). The number of ether oxygens (including phenoxy) is 1. The molecule has 0 bridgehead atoms. The molecule has 0 amide bonds. The minimum atomic E-state index is -4.28. The van der Waals surface area contributed by atoms with E-state index in [0.29, 0.717) is 17.9 Å². The molecule has 0 saturated heterocycles. The Balaban J connectivity index is 2.58. The lowest BCUT2D eigenvalue weighted by Crippen LogP contribution is -2.09. The molecule has 14 heavy (non-hydrogen) atoms. The molecule has 1 aliphatic rings. The van der Waals surface area contributed by atoms with Crippen LogP contribution < -0.4 is 4.74 Å². The number of benzene rings is 1. The second-order valence-electron chi connectivity index (χ2n) is 3.43. The third-order valence-corrected chi connectivity index (χ3v) is 2.35. The summed E-state index contributed by atoms with van der Waals surface area (Å²) in [6.45, 7) is 2.07. The highest BCUT2D eigenvalue weighted by molar-refractivity contribution is 5.46. The fourth-order valence-electron chi connectivity index (χ4n) is 1.72. The van der Waals surface area contributed by atoms with E-state index in [2.05, 4.69) is 0 Å². The molecular formula is C10H9F3O. The molecule has 1 unspecified atom stereocenters. The Hall–Kier alpha value is -1.19. The molecule has 1 aromatic carbocycles. The van der Waals surface area contributed by atoms with Crippen LogP contribution in [-0.2, 0) is 6.18 Å². The van der Waals surface area contributed by atoms with Gasteiger partial charge in [0.15, 0.2) is 0 Å². The van der Waals surface area contributed by atoms with Crippen molar-refractivity contribution in [2.24, 2.45) is 0 Å². The molecule has 0 aliphatic carbocycles. The standard InChI is InChI=1S/C10H9F3O/c1-6-5-14-8-4-2-3-7(9(6)8)10(11,12)13/h2-4,6H,5H2,1H3. The Labute approximate surface area is 79.5 Å². The quantitative estimate of drug-likeness (QED) is 0.627. The first-order chi connectivity index (χ1) is 6.50. The van der Waals surface area contributed by atoms with E-state index in [4.69, 9.17) is 4.74 Å². The SMILES string of the molecule is CC1COc2cccc(C(F)(F)F)c21. The van der Waals surface area contributed by atoms with E-state index in [-0.39, 0.29) is 5.92 Å². The molecule has 1 nitrogen and oxygen atoms in total. The highest BCUT2D eigenvalue weighted by atomic mass is 19.4. The largest absolute Gasteiger partial charge is 0.493 e. The summed E-state index contributed by atoms with van der Waals surface area (Å²) < 4.78 is 42.8. The van der Waals surface area contributed by atoms with Crippen molar-refractivity contribution in [1.82, 2.24) is 0 Å². The van der Waals surface area contributed by atoms with E-state index in [0.717, 1.165) is 6.07 Å². The zero-order valence-electron chi connectivity index (χ0n) is 7.56. The number of hydrogen-bond acceptors (Lipinski definition) is 1. The Morgan fingerprint density at radius 3 is 2.71 bits per heavy atom. The highest BCUT2D eigenvalue weighted by Gasteiger charge is 2.37. The summed E-state index contributed by atoms with van der Waals surface area (Å²) in [5.41, 5.74) is -0.278. The molecule has 1 atom stereocenters. The van der Waals surface area contributed by atoms with E-state index in [1.54, 1.807) is 13.0 Å². The monoisotopic (exact) mass is 202 g/mol. The number of rotatable bonds is 0. The molecular weight excluding hydrogens is 193 g/mol. The van der Waals surface area contributed by atoms with Crippen LogP contribution in [0.2, 0.25) is 0 Å². The van der Waals surface area contributed by atoms with Crippen molar-refractivity contribution in [2.45, 2.75) is 19.0 Å². The van der Waals surface area contributed by atoms with Crippen molar-refractivity contribution < 1.29 is 17.9 Å². The van der Waals surface area contributed by atoms with Crippen LogP contribution in [0, 0.1) is 0 Å². The number of hydrogen-bond donors (Lipinski definition) is 0. The molecule has 0 N–H and O–H groups in total. The van der Waals surface area contributed by atoms with Crippen LogP contribution >= 0.6 is 0 Å². The van der Waals surface area contributed by atoms with Gasteiger partial charge in [-0.3, -0.25) is 0 Å². The summed E-state index contributed by atoms with van der Waals surface area (Å²) in [5.74, 6) is 0.190. The van der Waals surface area contributed by atoms with Gasteiger partial charge in [0.1, 0.15) is 5.75 Å². The topological polar surface area (TPSA) is 9.23 Å². The van der Waals surface area contributed by atoms with Gasteiger partial charge in [-0.25, -0.2) is 0 Å². The molecule has 0 fully saturated rings. The van der Waals surface area contributed by atoms with Gasteiger partial charge in [0.2, 0.25) is 0 Å². The van der Waals surface area contributed by atoms with Gasteiger partial charge in [-0.15, -0.1) is 0 Å². The number of halogens is 3. The number of fused-ring (bicyclic) bond motifs is 1. The Kier molecular flexibility index (Phi) is 1.94. The van der Waals surface area contributed by atoms with Crippen molar-refractivity contribution >= 4 is 0 Å². The molecule has 0 aromatic heterocycles. The van der Waals surface area contributed by atoms with Gasteiger partial charge in [0.05, 0.1) is 12.2 Å². The molecule has 1 aromatic rings. The predicted molar refractivity (Wildman–Crippen MR) is 45.4 cm³/mol. The summed E-state index contributed by atoms with van der Waals surface area (Å²) in [7, 11) is 0. The van der Waals surface area contributed by atoms with Gasteiger partial charge in [-0.05, 0) is 12.1 Å². The maximum Gasteiger partial charge on any atom is 0.416 e. The minimum Gasteiger partial charge on any atom is -0.493 e. The molecule has 0 spiro atoms. The molecule has 1 heterocycles. The first kappa shape index (κ1) is 9.37. The van der Waals surface area contributed by atoms with Crippen LogP contribution in [-0.4, -0.2) is 6.61 Å². The smallest absolute Gasteiger partial charge is 0.416 e. The Morgan fingerprint density at radius 1 is 1.36 bits per heavy atom. The zero-order chi connectivity index (χ0) is 10.3. The molecule has 76 valence electrons. The van der Waals surface area contributed by atoms with E-state index >= 15 is 0 Å². The van der Waals surface area contributed by atoms with Gasteiger partial charge in [0.25, 0.3) is 0 Å². The summed E-state index contributed by atoms with van der Waals surface area (Å²) in [6.07, 6.45) is -4.28. The van der Waals surface area contributed by atoms with Crippen LogP contribution in [0.25, 0.3) is 0 Å². The summed E-state index contributed by atoms with van der Waals surface area (Å²) in [4.78, 5) is 0. The van der Waals surface area contributed by atoms with Crippen molar-refractivity contribution in [3.63, 3.8) is 0 Å². The number of alkyl halides is 3. The average molecular weight is 202 g/mol. The normalized spacial score (nSPS) is 20.4. The zero-order valence-corrected chi connectivity index (χ0v) is 7.56. The third kappa shape index (κ3) is 1.35. The van der Waals surface area contributed by atoms with Crippen LogP contribution in [0.3, 0.4) is 0 Å². The van der Waals surface area contributed by atoms with E-state index < -0.39 is 11.7 Å². The fraction of sp³-hybridized carbons (Fsp3) is 0.400. The van der Waals surface area contributed by atoms with Crippen molar-refractivity contribution in [2.75, 3.05) is 6.61 Å². The van der Waals surface area contributed by atoms with E-state index in [9.17, 15) is 13.2 Å². The maximum atomic E-state index is 12.6. The summed E-state index contributed by atoms with van der Waals surface area (Å²) >= 11 is 0. The third-order valence-electron chi connectivity index (χ3n) is 2.35. The average Bonchev–Trinajstić information content (AvgIpc) is 2.46. The van der Waals surface area contributed by atoms with Gasteiger partial charge in [-0.2, -0.15) is 13.2 Å². The van der Waals surface area contributed by atoms with Crippen molar-refractivity contribution in [1.29, 1.82) is 0 Å². The Bertz CT molecular complexity index is 357. The van der Waals surface area contributed by atoms with E-state index in [1.165, 1.54) is 6.07 Å². The lowest BCUT2D eigenvalue weighted by Gasteiger charge is -2.12. The van der Waals surface area contributed by atoms with Crippen LogP contribution in [0.4, 0.5) is 13.2 Å². The highest BCUT2D eigenvalue weighted by Crippen LogP contribution is 2.42. The first-order valence-corrected chi connectivity index (χ1v) is 4.33. The van der Waals surface area contributed by atoms with Crippen LogP contribution in [0.15, 0.2) is 18.2 Å². The first-order valence-electron chi connectivity index (χ1n) is 4.33. The van der Waals surface area contributed by atoms with Crippen molar-refractivity contribution in [3.8, 4) is 5.75 Å². The van der Waals surface area contributed by atoms with Gasteiger partial charge in [-0.1, -0.05) is 13.0 Å². The van der Waals surface area contributed by atoms with Crippen LogP contribution in [0.1, 0.15) is 24.0 Å². The Morgan fingerprint density at radius 2 is 2.07 bits per heavy atom. The van der Waals surface area contributed by atoms with Gasteiger partial charge >= 0.3 is 6.18 Å². The van der Waals surface area contributed by atoms with Crippen molar-refractivity contribution in [3.05, 3.63) is 29.3 Å². The maximum absolute atomic E-state index is 12.6. The molecule has 0 radical (unpaired) electrons. The minimum absolute atomic E-state index is 0.178. The van der Waals surface area contributed by atoms with E-state index in [1.807, 2.05) is 0 Å². The fourth-order valence-corrected chi connectivity index (χ4v) is 1.72. The second-order valence-corrected chi connectivity index (χ2v) is 3.43. The van der Waals surface area contributed by atoms with Gasteiger partial charge in [0, 0.05) is 11.5 Å². The summed E-state index contributed by atoms with van der Waals surface area (Å²) in [5, 5.41) is 0. The molecule has 4 heteroatoms. The van der Waals surface area contributed by atoms with Gasteiger partial charge < -0.3 is 4.74 Å². The summed E-state index contributed by atoms with van der Waals surface area (Å²) in [6, 6.07) is 4.05. The molecule has 0 saturated carbocycles. The van der Waals surface area contributed by atoms with Crippen LogP contribution in [0.5, 0.6) is 5.75 Å². The predicted octanol–water partition coefficient (Wildman–Crippen LogP) is 3.20. The lowest BCUT2D eigenvalue weighted by molar-refractivity contribution is -0.138. The lowest BCUT2D eigenvalue weighted by atomic mass is 9.97.